The third-order valence-electron chi connectivity index (χ3n) is 4.38. The number of carboxylic acids is 1. The van der Waals surface area contributed by atoms with E-state index >= 15 is 0 Å². The molecule has 1 aromatic carbocycles. The highest BCUT2D eigenvalue weighted by Gasteiger charge is 2.26. The fourth-order valence-electron chi connectivity index (χ4n) is 3.26. The SMILES string of the molecule is CCOc1cc(OCC)cc(C(=O)Nc2sc3c(c2C(=O)O)CCCC3)c1. The summed E-state index contributed by atoms with van der Waals surface area (Å²) in [5, 5.41) is 12.8. The molecule has 1 amide bonds. The summed E-state index contributed by atoms with van der Waals surface area (Å²) in [5.41, 5.74) is 1.47. The highest BCUT2D eigenvalue weighted by atomic mass is 32.1. The monoisotopic (exact) mass is 389 g/mol. The topological polar surface area (TPSA) is 84.9 Å². The molecule has 0 saturated heterocycles. The molecular formula is C20H23NO5S. The number of carboxylic acid groups (broad SMARTS) is 1. The summed E-state index contributed by atoms with van der Waals surface area (Å²) in [7, 11) is 0. The number of ether oxygens (including phenoxy) is 2. The normalized spacial score (nSPS) is 13.0. The molecule has 6 nitrogen and oxygen atoms in total. The number of rotatable bonds is 7. The zero-order valence-electron chi connectivity index (χ0n) is 15.5. The Morgan fingerprint density at radius 1 is 1.07 bits per heavy atom. The molecule has 0 unspecified atom stereocenters. The van der Waals surface area contributed by atoms with Gasteiger partial charge in [-0.1, -0.05) is 0 Å². The number of benzene rings is 1. The maximum atomic E-state index is 12.8. The predicted molar refractivity (Wildman–Crippen MR) is 105 cm³/mol. The Morgan fingerprint density at radius 2 is 1.70 bits per heavy atom. The minimum absolute atomic E-state index is 0.231. The van der Waals surface area contributed by atoms with Crippen molar-refractivity contribution in [2.75, 3.05) is 18.5 Å². The molecule has 1 aliphatic rings. The van der Waals surface area contributed by atoms with Gasteiger partial charge in [0, 0.05) is 16.5 Å². The Labute approximate surface area is 162 Å². The van der Waals surface area contributed by atoms with E-state index < -0.39 is 5.97 Å². The van der Waals surface area contributed by atoms with Gasteiger partial charge in [-0.05, 0) is 57.2 Å². The smallest absolute Gasteiger partial charge is 0.339 e. The Balaban J connectivity index is 1.91. The summed E-state index contributed by atoms with van der Waals surface area (Å²) in [4.78, 5) is 25.6. The molecule has 0 aliphatic heterocycles. The molecule has 7 heteroatoms. The van der Waals surface area contributed by atoms with Crippen LogP contribution in [0.5, 0.6) is 11.5 Å². The molecule has 144 valence electrons. The van der Waals surface area contributed by atoms with E-state index in [0.717, 1.165) is 36.1 Å². The van der Waals surface area contributed by atoms with Gasteiger partial charge in [-0.15, -0.1) is 11.3 Å². The van der Waals surface area contributed by atoms with Crippen molar-refractivity contribution in [3.05, 3.63) is 39.8 Å². The first-order chi connectivity index (χ1) is 13.0. The standard InChI is InChI=1S/C20H23NO5S/c1-3-25-13-9-12(10-14(11-13)26-4-2)18(22)21-19-17(20(23)24)15-7-5-6-8-16(15)27-19/h9-11H,3-8H2,1-2H3,(H,21,22)(H,23,24). The number of aromatic carboxylic acids is 1. The van der Waals surface area contributed by atoms with Crippen molar-refractivity contribution in [2.24, 2.45) is 0 Å². The number of amides is 1. The lowest BCUT2D eigenvalue weighted by atomic mass is 9.95. The molecule has 0 radical (unpaired) electrons. The van der Waals surface area contributed by atoms with Crippen LogP contribution in [0.2, 0.25) is 0 Å². The Kier molecular flexibility index (Phi) is 6.01. The van der Waals surface area contributed by atoms with Gasteiger partial charge in [0.2, 0.25) is 0 Å². The molecule has 27 heavy (non-hydrogen) atoms. The van der Waals surface area contributed by atoms with Gasteiger partial charge >= 0.3 is 5.97 Å². The Hall–Kier alpha value is -2.54. The molecular weight excluding hydrogens is 366 g/mol. The third-order valence-corrected chi connectivity index (χ3v) is 5.58. The lowest BCUT2D eigenvalue weighted by Gasteiger charge is -2.11. The van der Waals surface area contributed by atoms with Crippen molar-refractivity contribution in [3.8, 4) is 11.5 Å². The van der Waals surface area contributed by atoms with E-state index in [4.69, 9.17) is 9.47 Å². The zero-order valence-corrected chi connectivity index (χ0v) is 16.3. The first-order valence-electron chi connectivity index (χ1n) is 9.13. The molecule has 0 saturated carbocycles. The lowest BCUT2D eigenvalue weighted by molar-refractivity contribution is 0.0697. The quantitative estimate of drug-likeness (QED) is 0.734. The van der Waals surface area contributed by atoms with Crippen LogP contribution in [0.3, 0.4) is 0 Å². The van der Waals surface area contributed by atoms with Gasteiger partial charge in [-0.2, -0.15) is 0 Å². The Morgan fingerprint density at radius 3 is 2.30 bits per heavy atom. The molecule has 0 bridgehead atoms. The van der Waals surface area contributed by atoms with E-state index in [9.17, 15) is 14.7 Å². The van der Waals surface area contributed by atoms with Crippen LogP contribution in [0.1, 0.15) is 57.8 Å². The van der Waals surface area contributed by atoms with E-state index in [1.807, 2.05) is 13.8 Å². The van der Waals surface area contributed by atoms with Crippen LogP contribution in [0.15, 0.2) is 18.2 Å². The van der Waals surface area contributed by atoms with Crippen molar-refractivity contribution >= 4 is 28.2 Å². The third kappa shape index (κ3) is 4.24. The average molecular weight is 389 g/mol. The fourth-order valence-corrected chi connectivity index (χ4v) is 4.53. The van der Waals surface area contributed by atoms with Gasteiger partial charge in [-0.25, -0.2) is 4.79 Å². The van der Waals surface area contributed by atoms with E-state index in [0.29, 0.717) is 35.3 Å². The highest BCUT2D eigenvalue weighted by Crippen LogP contribution is 2.38. The number of hydrogen-bond acceptors (Lipinski definition) is 5. The van der Waals surface area contributed by atoms with E-state index in [2.05, 4.69) is 5.32 Å². The molecule has 0 spiro atoms. The lowest BCUT2D eigenvalue weighted by Crippen LogP contribution is -2.14. The summed E-state index contributed by atoms with van der Waals surface area (Å²) in [6.45, 7) is 4.67. The summed E-state index contributed by atoms with van der Waals surface area (Å²) in [5.74, 6) is -0.295. The maximum Gasteiger partial charge on any atom is 0.339 e. The van der Waals surface area contributed by atoms with Gasteiger partial charge in [0.05, 0.1) is 18.8 Å². The van der Waals surface area contributed by atoms with Crippen LogP contribution in [-0.2, 0) is 12.8 Å². The number of carbonyl (C=O) groups is 2. The molecule has 0 atom stereocenters. The number of anilines is 1. The molecule has 3 rings (SSSR count). The predicted octanol–water partition coefficient (Wildman–Crippen LogP) is 4.37. The summed E-state index contributed by atoms with van der Waals surface area (Å²) in [6.07, 6.45) is 3.64. The number of carbonyl (C=O) groups excluding carboxylic acids is 1. The van der Waals surface area contributed by atoms with E-state index in [1.54, 1.807) is 18.2 Å². The molecule has 1 aliphatic carbocycles. The fraction of sp³-hybridized carbons (Fsp3) is 0.400. The van der Waals surface area contributed by atoms with Crippen LogP contribution < -0.4 is 14.8 Å². The minimum Gasteiger partial charge on any atom is -0.494 e. The van der Waals surface area contributed by atoms with Crippen molar-refractivity contribution in [1.82, 2.24) is 0 Å². The van der Waals surface area contributed by atoms with Gasteiger partial charge in [0.15, 0.2) is 0 Å². The highest BCUT2D eigenvalue weighted by molar-refractivity contribution is 7.17. The van der Waals surface area contributed by atoms with Gasteiger partial charge < -0.3 is 19.9 Å². The van der Waals surface area contributed by atoms with Crippen LogP contribution in [0.4, 0.5) is 5.00 Å². The number of aryl methyl sites for hydroxylation is 1. The minimum atomic E-state index is -0.997. The average Bonchev–Trinajstić information content (AvgIpc) is 3.00. The molecule has 2 aromatic rings. The second kappa shape index (κ2) is 8.43. The summed E-state index contributed by atoms with van der Waals surface area (Å²) >= 11 is 1.37. The van der Waals surface area contributed by atoms with Gasteiger partial charge in [-0.3, -0.25) is 4.79 Å². The molecule has 1 heterocycles. The van der Waals surface area contributed by atoms with Crippen LogP contribution in [0, 0.1) is 0 Å². The van der Waals surface area contributed by atoms with Crippen molar-refractivity contribution in [1.29, 1.82) is 0 Å². The number of thiophene rings is 1. The second-order valence-corrected chi connectivity index (χ2v) is 7.34. The van der Waals surface area contributed by atoms with Gasteiger partial charge in [0.25, 0.3) is 5.91 Å². The van der Waals surface area contributed by atoms with Crippen LogP contribution >= 0.6 is 11.3 Å². The number of fused-ring (bicyclic) bond motifs is 1. The van der Waals surface area contributed by atoms with E-state index in [-0.39, 0.29) is 11.5 Å². The maximum absolute atomic E-state index is 12.8. The van der Waals surface area contributed by atoms with E-state index in [1.165, 1.54) is 11.3 Å². The second-order valence-electron chi connectivity index (χ2n) is 6.23. The molecule has 1 aromatic heterocycles. The summed E-state index contributed by atoms with van der Waals surface area (Å²) < 4.78 is 11.0. The summed E-state index contributed by atoms with van der Waals surface area (Å²) in [6, 6.07) is 5.00. The van der Waals surface area contributed by atoms with Crippen LogP contribution in [-0.4, -0.2) is 30.2 Å². The van der Waals surface area contributed by atoms with Gasteiger partial charge in [0.1, 0.15) is 16.5 Å². The molecule has 2 N–H and O–H groups in total. The van der Waals surface area contributed by atoms with Crippen LogP contribution in [0.25, 0.3) is 0 Å². The van der Waals surface area contributed by atoms with Crippen molar-refractivity contribution in [2.45, 2.75) is 39.5 Å². The Bertz CT molecular complexity index is 834. The first-order valence-corrected chi connectivity index (χ1v) is 9.95. The molecule has 0 fully saturated rings. The van der Waals surface area contributed by atoms with Crippen molar-refractivity contribution in [3.63, 3.8) is 0 Å². The zero-order chi connectivity index (χ0) is 19.4. The largest absolute Gasteiger partial charge is 0.494 e. The van der Waals surface area contributed by atoms with Crippen molar-refractivity contribution < 1.29 is 24.2 Å². The number of hydrogen-bond donors (Lipinski definition) is 2. The number of nitrogens with one attached hydrogen (secondary N) is 1. The first kappa shape index (κ1) is 19.2.